The first-order valence-electron chi connectivity index (χ1n) is 5.55. The van der Waals surface area contributed by atoms with Gasteiger partial charge < -0.3 is 14.4 Å². The number of fused-ring (bicyclic) bond motifs is 1. The van der Waals surface area contributed by atoms with Crippen LogP contribution in [0.4, 0.5) is 0 Å². The largest absolute Gasteiger partial charge is 0.497 e. The third kappa shape index (κ3) is 2.20. The van der Waals surface area contributed by atoms with Gasteiger partial charge in [-0.15, -0.1) is 0 Å². The molecule has 92 valence electrons. The number of ether oxygens (including phenoxy) is 2. The van der Waals surface area contributed by atoms with Gasteiger partial charge in [0.25, 0.3) is 5.91 Å². The van der Waals surface area contributed by atoms with E-state index in [4.69, 9.17) is 9.47 Å². The minimum atomic E-state index is -0.401. The van der Waals surface area contributed by atoms with Gasteiger partial charge in [0.05, 0.1) is 19.2 Å². The van der Waals surface area contributed by atoms with Crippen LogP contribution in [0.5, 0.6) is 11.5 Å². The molecule has 0 unspecified atom stereocenters. The average molecular weight is 235 g/mol. The van der Waals surface area contributed by atoms with Crippen molar-refractivity contribution in [1.82, 2.24) is 4.90 Å². The molecule has 0 spiro atoms. The van der Waals surface area contributed by atoms with Gasteiger partial charge in [-0.1, -0.05) is 0 Å². The zero-order chi connectivity index (χ0) is 12.6. The Labute approximate surface area is 101 Å². The first-order valence-corrected chi connectivity index (χ1v) is 5.55. The summed E-state index contributed by atoms with van der Waals surface area (Å²) >= 11 is 0. The number of carbonyl (C=O) groups is 1. The first kappa shape index (κ1) is 11.8. The smallest absolute Gasteiger partial charge is 0.257 e. The molecule has 0 saturated heterocycles. The molecule has 0 saturated carbocycles. The van der Waals surface area contributed by atoms with Crippen LogP contribution in [0.3, 0.4) is 0 Å². The van der Waals surface area contributed by atoms with E-state index in [1.54, 1.807) is 37.3 Å². The molecule has 0 bridgehead atoms. The van der Waals surface area contributed by atoms with E-state index < -0.39 is 5.60 Å². The van der Waals surface area contributed by atoms with Gasteiger partial charge in [0, 0.05) is 13.1 Å². The van der Waals surface area contributed by atoms with Crippen LogP contribution in [0.25, 0.3) is 0 Å². The zero-order valence-corrected chi connectivity index (χ0v) is 10.6. The summed E-state index contributed by atoms with van der Waals surface area (Å²) in [6.07, 6.45) is 0. The Morgan fingerprint density at radius 1 is 1.41 bits per heavy atom. The molecule has 4 nitrogen and oxygen atoms in total. The summed E-state index contributed by atoms with van der Waals surface area (Å²) in [6.45, 7) is 4.49. The summed E-state index contributed by atoms with van der Waals surface area (Å²) in [6, 6.07) is 5.27. The van der Waals surface area contributed by atoms with E-state index >= 15 is 0 Å². The molecule has 2 rings (SSSR count). The molecule has 0 N–H and O–H groups in total. The Hall–Kier alpha value is -1.71. The maximum Gasteiger partial charge on any atom is 0.257 e. The number of hydrogen-bond donors (Lipinski definition) is 0. The fourth-order valence-electron chi connectivity index (χ4n) is 2.07. The second kappa shape index (κ2) is 3.95. The SMILES string of the molecule is COc1ccc2c(c1)OC(C)(C)CN(C)C2=O. The van der Waals surface area contributed by atoms with Gasteiger partial charge in [-0.25, -0.2) is 0 Å². The van der Waals surface area contributed by atoms with Crippen LogP contribution in [-0.2, 0) is 0 Å². The van der Waals surface area contributed by atoms with E-state index in [1.165, 1.54) is 0 Å². The molecule has 0 atom stereocenters. The molecule has 0 aliphatic carbocycles. The Kier molecular flexibility index (Phi) is 2.73. The van der Waals surface area contributed by atoms with E-state index in [0.717, 1.165) is 0 Å². The average Bonchev–Trinajstić information content (AvgIpc) is 2.33. The molecule has 1 aliphatic rings. The lowest BCUT2D eigenvalue weighted by molar-refractivity contribution is 0.0609. The molecule has 0 aromatic heterocycles. The zero-order valence-electron chi connectivity index (χ0n) is 10.6. The van der Waals surface area contributed by atoms with E-state index in [1.807, 2.05) is 13.8 Å². The molecule has 1 aromatic rings. The molecule has 4 heteroatoms. The standard InChI is InChI=1S/C13H17NO3/c1-13(2)8-14(3)12(15)10-6-5-9(16-4)7-11(10)17-13/h5-7H,8H2,1-4H3. The van der Waals surface area contributed by atoms with E-state index in [-0.39, 0.29) is 5.91 Å². The topological polar surface area (TPSA) is 38.8 Å². The molecule has 1 amide bonds. The van der Waals surface area contributed by atoms with Crippen molar-refractivity contribution in [2.45, 2.75) is 19.4 Å². The molecule has 1 aromatic carbocycles. The maximum absolute atomic E-state index is 12.1. The van der Waals surface area contributed by atoms with Crippen LogP contribution < -0.4 is 9.47 Å². The second-order valence-electron chi connectivity index (χ2n) is 4.89. The summed E-state index contributed by atoms with van der Waals surface area (Å²) in [7, 11) is 3.38. The summed E-state index contributed by atoms with van der Waals surface area (Å²) in [4.78, 5) is 13.8. The van der Waals surface area contributed by atoms with Crippen molar-refractivity contribution < 1.29 is 14.3 Å². The number of likely N-dealkylation sites (N-methyl/N-ethyl adjacent to an activating group) is 1. The number of amides is 1. The van der Waals surface area contributed by atoms with Gasteiger partial charge in [0.2, 0.25) is 0 Å². The molecule has 0 radical (unpaired) electrons. The lowest BCUT2D eigenvalue weighted by atomic mass is 10.1. The Morgan fingerprint density at radius 3 is 2.76 bits per heavy atom. The lowest BCUT2D eigenvalue weighted by Crippen LogP contribution is -2.40. The van der Waals surface area contributed by atoms with E-state index in [2.05, 4.69) is 0 Å². The molecule has 0 fully saturated rings. The highest BCUT2D eigenvalue weighted by molar-refractivity contribution is 5.97. The van der Waals surface area contributed by atoms with Crippen molar-refractivity contribution in [2.75, 3.05) is 20.7 Å². The minimum absolute atomic E-state index is 0.0202. The van der Waals surface area contributed by atoms with Gasteiger partial charge in [-0.3, -0.25) is 4.79 Å². The predicted molar refractivity (Wildman–Crippen MR) is 64.7 cm³/mol. The summed E-state index contributed by atoms with van der Waals surface area (Å²) in [5.74, 6) is 1.26. The molecule has 1 heterocycles. The molecule has 17 heavy (non-hydrogen) atoms. The highest BCUT2D eigenvalue weighted by Crippen LogP contribution is 2.31. The van der Waals surface area contributed by atoms with Gasteiger partial charge in [-0.05, 0) is 26.0 Å². The second-order valence-corrected chi connectivity index (χ2v) is 4.89. The Morgan fingerprint density at radius 2 is 2.12 bits per heavy atom. The quantitative estimate of drug-likeness (QED) is 0.746. The monoisotopic (exact) mass is 235 g/mol. The number of benzene rings is 1. The Balaban J connectivity index is 2.51. The number of carbonyl (C=O) groups excluding carboxylic acids is 1. The van der Waals surface area contributed by atoms with Gasteiger partial charge >= 0.3 is 0 Å². The summed E-state index contributed by atoms with van der Waals surface area (Å²) in [5, 5.41) is 0. The normalized spacial score (nSPS) is 18.1. The van der Waals surface area contributed by atoms with Crippen molar-refractivity contribution in [3.8, 4) is 11.5 Å². The highest BCUT2D eigenvalue weighted by atomic mass is 16.5. The minimum Gasteiger partial charge on any atom is -0.497 e. The summed E-state index contributed by atoms with van der Waals surface area (Å²) in [5.41, 5.74) is 0.182. The first-order chi connectivity index (χ1) is 7.93. The van der Waals surface area contributed by atoms with Crippen LogP contribution in [-0.4, -0.2) is 37.1 Å². The third-order valence-corrected chi connectivity index (χ3v) is 2.77. The molecular formula is C13H17NO3. The number of hydrogen-bond acceptors (Lipinski definition) is 3. The number of methoxy groups -OCH3 is 1. The fraction of sp³-hybridized carbons (Fsp3) is 0.462. The lowest BCUT2D eigenvalue weighted by Gasteiger charge is -2.27. The van der Waals surface area contributed by atoms with Crippen molar-refractivity contribution in [3.05, 3.63) is 23.8 Å². The molecular weight excluding hydrogens is 218 g/mol. The highest BCUT2D eigenvalue weighted by Gasteiger charge is 2.31. The van der Waals surface area contributed by atoms with E-state index in [0.29, 0.717) is 23.6 Å². The maximum atomic E-state index is 12.1. The van der Waals surface area contributed by atoms with Crippen molar-refractivity contribution >= 4 is 5.91 Å². The van der Waals surface area contributed by atoms with Crippen molar-refractivity contribution in [3.63, 3.8) is 0 Å². The van der Waals surface area contributed by atoms with Crippen LogP contribution in [0.1, 0.15) is 24.2 Å². The predicted octanol–water partition coefficient (Wildman–Crippen LogP) is 1.94. The van der Waals surface area contributed by atoms with Gasteiger partial charge in [0.15, 0.2) is 0 Å². The molecule has 1 aliphatic heterocycles. The third-order valence-electron chi connectivity index (χ3n) is 2.77. The van der Waals surface area contributed by atoms with Crippen molar-refractivity contribution in [1.29, 1.82) is 0 Å². The van der Waals surface area contributed by atoms with E-state index in [9.17, 15) is 4.79 Å². The van der Waals surface area contributed by atoms with Crippen molar-refractivity contribution in [2.24, 2.45) is 0 Å². The van der Waals surface area contributed by atoms with Crippen LogP contribution in [0.15, 0.2) is 18.2 Å². The van der Waals surface area contributed by atoms with Crippen LogP contribution >= 0.6 is 0 Å². The van der Waals surface area contributed by atoms with Gasteiger partial charge in [-0.2, -0.15) is 0 Å². The number of nitrogens with zero attached hydrogens (tertiary/aromatic N) is 1. The van der Waals surface area contributed by atoms with Gasteiger partial charge in [0.1, 0.15) is 17.1 Å². The summed E-state index contributed by atoms with van der Waals surface area (Å²) < 4.78 is 11.0. The number of rotatable bonds is 1. The Bertz CT molecular complexity index is 454. The van der Waals surface area contributed by atoms with Crippen LogP contribution in [0, 0.1) is 0 Å². The fourth-order valence-corrected chi connectivity index (χ4v) is 2.07. The van der Waals surface area contributed by atoms with Crippen LogP contribution in [0.2, 0.25) is 0 Å².